The van der Waals surface area contributed by atoms with Crippen LogP contribution in [0.15, 0.2) is 0 Å². The number of carbonyl (C=O) groups is 1. The summed E-state index contributed by atoms with van der Waals surface area (Å²) in [7, 11) is 0. The minimum atomic E-state index is -0.00102. The number of carbonyl (C=O) groups excluding carboxylic acids is 1. The molecule has 4 heteroatoms. The molecule has 2 aliphatic heterocycles. The molecule has 1 atom stereocenters. The Bertz CT molecular complexity index is 246. The normalized spacial score (nSPS) is 30.5. The monoisotopic (exact) mass is 211 g/mol. The minimum absolute atomic E-state index is 0.00102. The van der Waals surface area contributed by atoms with Crippen molar-refractivity contribution in [3.05, 3.63) is 0 Å². The molecule has 0 aromatic rings. The van der Waals surface area contributed by atoms with E-state index in [1.165, 1.54) is 6.42 Å². The lowest BCUT2D eigenvalue weighted by Gasteiger charge is -2.39. The van der Waals surface area contributed by atoms with Crippen LogP contribution in [0.4, 0.5) is 0 Å². The maximum atomic E-state index is 12.1. The second kappa shape index (κ2) is 4.10. The van der Waals surface area contributed by atoms with E-state index < -0.39 is 0 Å². The molecule has 2 aliphatic rings. The Morgan fingerprint density at radius 2 is 2.27 bits per heavy atom. The van der Waals surface area contributed by atoms with E-state index in [1.54, 1.807) is 0 Å². The number of hydrazine groups is 1. The van der Waals surface area contributed by atoms with Gasteiger partial charge in [0.25, 0.3) is 0 Å². The van der Waals surface area contributed by atoms with Crippen LogP contribution in [0.3, 0.4) is 0 Å². The summed E-state index contributed by atoms with van der Waals surface area (Å²) in [5, 5.41) is 0. The molecule has 15 heavy (non-hydrogen) atoms. The van der Waals surface area contributed by atoms with Gasteiger partial charge in [-0.2, -0.15) is 0 Å². The van der Waals surface area contributed by atoms with Gasteiger partial charge in [0.15, 0.2) is 0 Å². The van der Waals surface area contributed by atoms with Crippen molar-refractivity contribution in [2.45, 2.75) is 39.2 Å². The molecule has 2 N–H and O–H groups in total. The Morgan fingerprint density at radius 1 is 1.47 bits per heavy atom. The third kappa shape index (κ3) is 2.49. The van der Waals surface area contributed by atoms with Crippen LogP contribution in [-0.2, 0) is 4.79 Å². The first-order valence-electron chi connectivity index (χ1n) is 5.86. The number of hydrogen-bond acceptors (Lipinski definition) is 3. The number of nitrogens with zero attached hydrogens (tertiary/aromatic N) is 1. The summed E-state index contributed by atoms with van der Waals surface area (Å²) in [4.78, 5) is 14.1. The molecule has 0 aromatic heterocycles. The van der Waals surface area contributed by atoms with E-state index in [9.17, 15) is 4.79 Å². The van der Waals surface area contributed by atoms with Crippen LogP contribution in [0.25, 0.3) is 0 Å². The average molecular weight is 211 g/mol. The highest BCUT2D eigenvalue weighted by molar-refractivity contribution is 5.82. The highest BCUT2D eigenvalue weighted by Crippen LogP contribution is 2.28. The Labute approximate surface area is 91.4 Å². The summed E-state index contributed by atoms with van der Waals surface area (Å²) < 4.78 is 0. The number of rotatable bonds is 1. The fourth-order valence-electron chi connectivity index (χ4n) is 2.50. The summed E-state index contributed by atoms with van der Waals surface area (Å²) in [5.74, 6) is 0.271. The van der Waals surface area contributed by atoms with E-state index in [2.05, 4.69) is 24.7 Å². The molecule has 2 fully saturated rings. The first-order valence-corrected chi connectivity index (χ1v) is 5.86. The number of nitrogens with one attached hydrogen (secondary N) is 2. The van der Waals surface area contributed by atoms with Crippen molar-refractivity contribution >= 4 is 5.91 Å². The van der Waals surface area contributed by atoms with Crippen LogP contribution in [0.5, 0.6) is 0 Å². The van der Waals surface area contributed by atoms with Crippen LogP contribution in [0.1, 0.15) is 33.1 Å². The average Bonchev–Trinajstić information content (AvgIpc) is 2.67. The molecule has 1 amide bonds. The Balaban J connectivity index is 1.94. The third-order valence-electron chi connectivity index (χ3n) is 3.34. The van der Waals surface area contributed by atoms with E-state index in [0.29, 0.717) is 5.41 Å². The molecule has 2 heterocycles. The standard InChI is InChI=1S/C11H21N3O/c1-11(2)5-3-7-14(8-11)10(15)9-4-6-12-13-9/h9,12-13H,3-8H2,1-2H3. The molecule has 4 nitrogen and oxygen atoms in total. The van der Waals surface area contributed by atoms with E-state index in [-0.39, 0.29) is 11.9 Å². The van der Waals surface area contributed by atoms with Gasteiger partial charge in [0.05, 0.1) is 0 Å². The van der Waals surface area contributed by atoms with Gasteiger partial charge < -0.3 is 4.90 Å². The van der Waals surface area contributed by atoms with Crippen molar-refractivity contribution in [3.63, 3.8) is 0 Å². The highest BCUT2D eigenvalue weighted by atomic mass is 16.2. The van der Waals surface area contributed by atoms with Gasteiger partial charge in [-0.3, -0.25) is 10.2 Å². The predicted molar refractivity (Wildman–Crippen MR) is 59.1 cm³/mol. The van der Waals surface area contributed by atoms with Gasteiger partial charge in [0, 0.05) is 19.6 Å². The molecule has 2 rings (SSSR count). The lowest BCUT2D eigenvalue weighted by atomic mass is 9.84. The zero-order chi connectivity index (χ0) is 10.9. The molecule has 1 unspecified atom stereocenters. The number of piperidine rings is 1. The van der Waals surface area contributed by atoms with Crippen LogP contribution >= 0.6 is 0 Å². The Kier molecular flexibility index (Phi) is 2.98. The van der Waals surface area contributed by atoms with Crippen molar-refractivity contribution in [3.8, 4) is 0 Å². The lowest BCUT2D eigenvalue weighted by molar-refractivity contribution is -0.136. The van der Waals surface area contributed by atoms with Crippen LogP contribution in [-0.4, -0.2) is 36.5 Å². The molecule has 0 aromatic carbocycles. The number of likely N-dealkylation sites (tertiary alicyclic amines) is 1. The summed E-state index contributed by atoms with van der Waals surface area (Å²) in [6, 6.07) is -0.00102. The van der Waals surface area contributed by atoms with Crippen LogP contribution in [0, 0.1) is 5.41 Å². The summed E-state index contributed by atoms with van der Waals surface area (Å²) in [6.45, 7) is 7.22. The first-order chi connectivity index (χ1) is 7.08. The second-order valence-corrected chi connectivity index (χ2v) is 5.44. The van der Waals surface area contributed by atoms with Crippen molar-refractivity contribution in [1.82, 2.24) is 15.8 Å². The molecule has 0 bridgehead atoms. The molecule has 0 spiro atoms. The van der Waals surface area contributed by atoms with Crippen molar-refractivity contribution in [2.75, 3.05) is 19.6 Å². The van der Waals surface area contributed by atoms with E-state index in [1.807, 2.05) is 4.90 Å². The molecule has 2 saturated heterocycles. The summed E-state index contributed by atoms with van der Waals surface area (Å²) in [6.07, 6.45) is 3.28. The fourth-order valence-corrected chi connectivity index (χ4v) is 2.50. The molecular formula is C11H21N3O. The topological polar surface area (TPSA) is 44.4 Å². The summed E-state index contributed by atoms with van der Waals surface area (Å²) in [5.41, 5.74) is 6.35. The molecule has 0 radical (unpaired) electrons. The van der Waals surface area contributed by atoms with E-state index in [4.69, 9.17) is 0 Å². The fraction of sp³-hybridized carbons (Fsp3) is 0.909. The largest absolute Gasteiger partial charge is 0.341 e. The SMILES string of the molecule is CC1(C)CCCN(C(=O)C2CCNN2)C1. The number of hydrogen-bond donors (Lipinski definition) is 2. The zero-order valence-electron chi connectivity index (χ0n) is 9.68. The molecule has 0 aliphatic carbocycles. The van der Waals surface area contributed by atoms with Gasteiger partial charge in [-0.05, 0) is 24.7 Å². The minimum Gasteiger partial charge on any atom is -0.341 e. The van der Waals surface area contributed by atoms with Gasteiger partial charge >= 0.3 is 0 Å². The quantitative estimate of drug-likeness (QED) is 0.664. The second-order valence-electron chi connectivity index (χ2n) is 5.44. The zero-order valence-corrected chi connectivity index (χ0v) is 9.68. The highest BCUT2D eigenvalue weighted by Gasteiger charge is 2.33. The van der Waals surface area contributed by atoms with Crippen LogP contribution in [0.2, 0.25) is 0 Å². The predicted octanol–water partition coefficient (Wildman–Crippen LogP) is 0.501. The molecule has 86 valence electrons. The first kappa shape index (κ1) is 10.9. The Morgan fingerprint density at radius 3 is 2.87 bits per heavy atom. The van der Waals surface area contributed by atoms with Gasteiger partial charge in [-0.15, -0.1) is 0 Å². The maximum Gasteiger partial charge on any atom is 0.241 e. The van der Waals surface area contributed by atoms with E-state index in [0.717, 1.165) is 32.5 Å². The number of amides is 1. The van der Waals surface area contributed by atoms with Gasteiger partial charge in [0.1, 0.15) is 6.04 Å². The lowest BCUT2D eigenvalue weighted by Crippen LogP contribution is -2.50. The Hall–Kier alpha value is -0.610. The van der Waals surface area contributed by atoms with E-state index >= 15 is 0 Å². The van der Waals surface area contributed by atoms with Crippen LogP contribution < -0.4 is 10.9 Å². The third-order valence-corrected chi connectivity index (χ3v) is 3.34. The van der Waals surface area contributed by atoms with Crippen molar-refractivity contribution < 1.29 is 4.79 Å². The maximum absolute atomic E-state index is 12.1. The summed E-state index contributed by atoms with van der Waals surface area (Å²) >= 11 is 0. The smallest absolute Gasteiger partial charge is 0.241 e. The molecular weight excluding hydrogens is 190 g/mol. The molecule has 0 saturated carbocycles. The van der Waals surface area contributed by atoms with Crippen molar-refractivity contribution in [1.29, 1.82) is 0 Å². The van der Waals surface area contributed by atoms with Gasteiger partial charge in [0.2, 0.25) is 5.91 Å². The van der Waals surface area contributed by atoms with Gasteiger partial charge in [-0.25, -0.2) is 5.43 Å². The van der Waals surface area contributed by atoms with Crippen molar-refractivity contribution in [2.24, 2.45) is 5.41 Å². The van der Waals surface area contributed by atoms with Gasteiger partial charge in [-0.1, -0.05) is 13.8 Å².